The molecule has 0 N–H and O–H groups in total. The quantitative estimate of drug-likeness (QED) is 0.302. The zero-order valence-electron chi connectivity index (χ0n) is 21.6. The van der Waals surface area contributed by atoms with Gasteiger partial charge in [0.25, 0.3) is 11.5 Å². The highest BCUT2D eigenvalue weighted by Gasteiger charge is 2.33. The molecule has 0 fully saturated rings. The number of para-hydroxylation sites is 1. The lowest BCUT2D eigenvalue weighted by Gasteiger charge is -2.22. The molecule has 1 aliphatic heterocycles. The minimum absolute atomic E-state index is 0.145. The maximum atomic E-state index is 13.8. The first-order valence-corrected chi connectivity index (χ1v) is 12.7. The number of nitrogens with zero attached hydrogens (tertiary/aromatic N) is 4. The van der Waals surface area contributed by atoms with Crippen LogP contribution in [0.3, 0.4) is 0 Å². The molecule has 1 aromatic heterocycles. The fourth-order valence-corrected chi connectivity index (χ4v) is 5.02. The zero-order valence-corrected chi connectivity index (χ0v) is 21.6. The number of hydrogen-bond acceptors (Lipinski definition) is 5. The number of carbonyl (C=O) groups is 1. The predicted molar refractivity (Wildman–Crippen MR) is 152 cm³/mol. The Labute approximate surface area is 225 Å². The van der Waals surface area contributed by atoms with Crippen LogP contribution in [0.15, 0.2) is 113 Å². The van der Waals surface area contributed by atoms with Gasteiger partial charge in [0, 0.05) is 12.0 Å². The van der Waals surface area contributed by atoms with Gasteiger partial charge in [0.05, 0.1) is 35.5 Å². The number of carbonyl (C=O) groups excluding carboxylic acids is 1. The third kappa shape index (κ3) is 4.48. The number of aryl methyl sites for hydroxylation is 1. The number of rotatable bonds is 5. The van der Waals surface area contributed by atoms with Crippen LogP contribution in [-0.4, -0.2) is 33.3 Å². The van der Waals surface area contributed by atoms with Crippen LogP contribution in [0.1, 0.15) is 39.8 Å². The molecule has 1 aliphatic rings. The van der Waals surface area contributed by atoms with Crippen LogP contribution in [0.4, 0.5) is 0 Å². The molecule has 0 bridgehead atoms. The number of fused-ring (bicyclic) bond motifs is 1. The summed E-state index contributed by atoms with van der Waals surface area (Å²) < 4.78 is 6.88. The van der Waals surface area contributed by atoms with E-state index in [1.54, 1.807) is 53.9 Å². The summed E-state index contributed by atoms with van der Waals surface area (Å²) in [6, 6.07) is 31.7. The molecule has 39 heavy (non-hydrogen) atoms. The highest BCUT2D eigenvalue weighted by atomic mass is 16.5. The first-order valence-electron chi connectivity index (χ1n) is 12.7. The lowest BCUT2D eigenvalue weighted by atomic mass is 9.98. The maximum absolute atomic E-state index is 13.8. The van der Waals surface area contributed by atoms with Gasteiger partial charge in [0.15, 0.2) is 0 Å². The SMILES string of the molecule is COc1ccc(C2CC(c3ccccc3)=NN2C(=O)c2ccc(-n3c(C)nc4ccccc4c3=O)cc2)cc1. The van der Waals surface area contributed by atoms with Gasteiger partial charge in [-0.3, -0.25) is 14.2 Å². The summed E-state index contributed by atoms with van der Waals surface area (Å²) in [5.41, 5.74) is 4.46. The van der Waals surface area contributed by atoms with E-state index in [-0.39, 0.29) is 17.5 Å². The van der Waals surface area contributed by atoms with Crippen molar-refractivity contribution in [3.63, 3.8) is 0 Å². The molecule has 0 saturated heterocycles. The minimum Gasteiger partial charge on any atom is -0.497 e. The Balaban J connectivity index is 1.35. The third-order valence-corrected chi connectivity index (χ3v) is 7.04. The standard InChI is InChI=1S/C32H26N4O3/c1-21-33-28-11-7-6-10-27(28)32(38)35(21)25-16-12-24(13-17-25)31(37)36-30(23-14-18-26(39-2)19-15-23)20-29(34-36)22-8-4-3-5-9-22/h3-19,30H,20H2,1-2H3. The second-order valence-corrected chi connectivity index (χ2v) is 9.42. The van der Waals surface area contributed by atoms with Gasteiger partial charge in [-0.15, -0.1) is 0 Å². The molecule has 0 saturated carbocycles. The first kappa shape index (κ1) is 24.3. The minimum atomic E-state index is -0.257. The molecule has 1 amide bonds. The van der Waals surface area contributed by atoms with Crippen LogP contribution in [0, 0.1) is 6.92 Å². The summed E-state index contributed by atoms with van der Waals surface area (Å²) >= 11 is 0. The van der Waals surface area contributed by atoms with Crippen molar-refractivity contribution < 1.29 is 9.53 Å². The molecule has 1 atom stereocenters. The van der Waals surface area contributed by atoms with Gasteiger partial charge in [-0.25, -0.2) is 9.99 Å². The maximum Gasteiger partial charge on any atom is 0.274 e. The zero-order chi connectivity index (χ0) is 26.9. The van der Waals surface area contributed by atoms with Crippen LogP contribution < -0.4 is 10.3 Å². The van der Waals surface area contributed by atoms with Gasteiger partial charge in [-0.2, -0.15) is 5.10 Å². The molecule has 7 nitrogen and oxygen atoms in total. The lowest BCUT2D eigenvalue weighted by Crippen LogP contribution is -2.27. The highest BCUT2D eigenvalue weighted by molar-refractivity contribution is 6.05. The Morgan fingerprint density at radius 2 is 1.56 bits per heavy atom. The molecule has 1 unspecified atom stereocenters. The van der Waals surface area contributed by atoms with Gasteiger partial charge in [0.1, 0.15) is 11.6 Å². The number of benzene rings is 4. The van der Waals surface area contributed by atoms with E-state index in [4.69, 9.17) is 9.84 Å². The number of methoxy groups -OCH3 is 1. The topological polar surface area (TPSA) is 76.8 Å². The normalized spacial score (nSPS) is 14.9. The Morgan fingerprint density at radius 3 is 2.28 bits per heavy atom. The van der Waals surface area contributed by atoms with Crippen molar-refractivity contribution in [2.75, 3.05) is 7.11 Å². The van der Waals surface area contributed by atoms with Gasteiger partial charge in [0.2, 0.25) is 0 Å². The van der Waals surface area contributed by atoms with E-state index < -0.39 is 0 Å². The predicted octanol–water partition coefficient (Wildman–Crippen LogP) is 5.69. The van der Waals surface area contributed by atoms with E-state index in [2.05, 4.69) is 4.98 Å². The van der Waals surface area contributed by atoms with E-state index in [0.717, 1.165) is 22.6 Å². The van der Waals surface area contributed by atoms with Crippen molar-refractivity contribution in [3.8, 4) is 11.4 Å². The summed E-state index contributed by atoms with van der Waals surface area (Å²) in [5, 5.41) is 6.89. The van der Waals surface area contributed by atoms with E-state index in [1.165, 1.54) is 0 Å². The second kappa shape index (κ2) is 10.0. The highest BCUT2D eigenvalue weighted by Crippen LogP contribution is 2.34. The molecule has 6 rings (SSSR count). The Kier molecular flexibility index (Phi) is 6.25. The summed E-state index contributed by atoms with van der Waals surface area (Å²) in [4.78, 5) is 31.6. The molecule has 0 spiro atoms. The Morgan fingerprint density at radius 1 is 0.872 bits per heavy atom. The van der Waals surface area contributed by atoms with E-state index in [0.29, 0.717) is 34.4 Å². The molecule has 192 valence electrons. The van der Waals surface area contributed by atoms with E-state index >= 15 is 0 Å². The van der Waals surface area contributed by atoms with E-state index in [1.807, 2.05) is 72.8 Å². The summed E-state index contributed by atoms with van der Waals surface area (Å²) in [6.45, 7) is 1.80. The third-order valence-electron chi connectivity index (χ3n) is 7.04. The van der Waals surface area contributed by atoms with Gasteiger partial charge in [-0.1, -0.05) is 54.6 Å². The number of hydrazone groups is 1. The fourth-order valence-electron chi connectivity index (χ4n) is 5.02. The van der Waals surface area contributed by atoms with Crippen molar-refractivity contribution in [1.29, 1.82) is 0 Å². The lowest BCUT2D eigenvalue weighted by molar-refractivity contribution is 0.0711. The molecule has 0 aliphatic carbocycles. The van der Waals surface area contributed by atoms with Crippen LogP contribution in [-0.2, 0) is 0 Å². The number of aromatic nitrogens is 2. The van der Waals surface area contributed by atoms with Crippen LogP contribution in [0.25, 0.3) is 16.6 Å². The summed E-state index contributed by atoms with van der Waals surface area (Å²) in [5.74, 6) is 1.12. The Bertz CT molecular complexity index is 1760. The van der Waals surface area contributed by atoms with Crippen molar-refractivity contribution in [2.45, 2.75) is 19.4 Å². The fraction of sp³-hybridized carbons (Fsp3) is 0.125. The summed E-state index contributed by atoms with van der Waals surface area (Å²) in [7, 11) is 1.63. The van der Waals surface area contributed by atoms with Crippen molar-refractivity contribution in [3.05, 3.63) is 136 Å². The number of hydrogen-bond donors (Lipinski definition) is 0. The van der Waals surface area contributed by atoms with Gasteiger partial charge in [-0.05, 0) is 66.6 Å². The van der Waals surface area contributed by atoms with Crippen LogP contribution in [0.2, 0.25) is 0 Å². The largest absolute Gasteiger partial charge is 0.497 e. The molecule has 4 aromatic carbocycles. The van der Waals surface area contributed by atoms with Gasteiger partial charge < -0.3 is 4.74 Å². The first-order chi connectivity index (χ1) is 19.0. The molecule has 5 aromatic rings. The second-order valence-electron chi connectivity index (χ2n) is 9.42. The van der Waals surface area contributed by atoms with Crippen molar-refractivity contribution >= 4 is 22.5 Å². The monoisotopic (exact) mass is 514 g/mol. The Hall–Kier alpha value is -5.04. The molecular formula is C32H26N4O3. The molecule has 2 heterocycles. The van der Waals surface area contributed by atoms with E-state index in [9.17, 15) is 9.59 Å². The van der Waals surface area contributed by atoms with Crippen molar-refractivity contribution in [1.82, 2.24) is 14.6 Å². The number of ether oxygens (including phenoxy) is 1. The summed E-state index contributed by atoms with van der Waals surface area (Å²) in [6.07, 6.45) is 0.595. The smallest absolute Gasteiger partial charge is 0.274 e. The molecular weight excluding hydrogens is 488 g/mol. The number of amides is 1. The molecule has 7 heteroatoms. The van der Waals surface area contributed by atoms with Crippen LogP contribution >= 0.6 is 0 Å². The average Bonchev–Trinajstić information content (AvgIpc) is 3.43. The molecule has 0 radical (unpaired) electrons. The van der Waals surface area contributed by atoms with Crippen molar-refractivity contribution in [2.24, 2.45) is 5.10 Å². The van der Waals surface area contributed by atoms with Crippen LogP contribution in [0.5, 0.6) is 5.75 Å². The van der Waals surface area contributed by atoms with Gasteiger partial charge >= 0.3 is 0 Å². The average molecular weight is 515 g/mol.